The van der Waals surface area contributed by atoms with Crippen LogP contribution in [-0.2, 0) is 4.79 Å². The number of rotatable bonds is 5. The number of hydrogen-bond donors (Lipinski definition) is 1. The van der Waals surface area contributed by atoms with E-state index in [2.05, 4.69) is 11.4 Å². The van der Waals surface area contributed by atoms with Crippen molar-refractivity contribution in [3.63, 3.8) is 0 Å². The van der Waals surface area contributed by atoms with Crippen LogP contribution in [0, 0.1) is 27.7 Å². The number of aromatic nitrogens is 2. The number of amides is 1. The van der Waals surface area contributed by atoms with Gasteiger partial charge in [0.2, 0.25) is 5.91 Å². The molecule has 4 aromatic rings. The predicted molar refractivity (Wildman–Crippen MR) is 132 cm³/mol. The van der Waals surface area contributed by atoms with Crippen molar-refractivity contribution in [3.8, 4) is 5.69 Å². The van der Waals surface area contributed by atoms with E-state index in [1.54, 1.807) is 10.6 Å². The van der Waals surface area contributed by atoms with Crippen molar-refractivity contribution in [2.75, 3.05) is 11.1 Å². The lowest BCUT2D eigenvalue weighted by Gasteiger charge is -2.14. The second-order valence-corrected chi connectivity index (χ2v) is 8.98. The molecular formula is C26H25N3O2S. The monoisotopic (exact) mass is 443 g/mol. The molecule has 1 N–H and O–H groups in total. The smallest absolute Gasteiger partial charge is 0.266 e. The Bertz CT molecular complexity index is 1370. The van der Waals surface area contributed by atoms with E-state index >= 15 is 0 Å². The Labute approximate surface area is 191 Å². The van der Waals surface area contributed by atoms with Crippen molar-refractivity contribution < 1.29 is 4.79 Å². The first-order valence-electron chi connectivity index (χ1n) is 10.4. The summed E-state index contributed by atoms with van der Waals surface area (Å²) in [6.07, 6.45) is 0. The highest BCUT2D eigenvalue weighted by atomic mass is 32.2. The lowest BCUT2D eigenvalue weighted by molar-refractivity contribution is -0.113. The maximum absolute atomic E-state index is 13.4. The first-order valence-corrected chi connectivity index (χ1v) is 11.4. The number of aryl methyl sites for hydroxylation is 4. The van der Waals surface area contributed by atoms with Crippen LogP contribution in [0.25, 0.3) is 16.6 Å². The molecule has 1 heterocycles. The number of nitrogens with zero attached hydrogens (tertiary/aromatic N) is 2. The minimum atomic E-state index is -0.144. The molecule has 0 fully saturated rings. The van der Waals surface area contributed by atoms with E-state index in [1.165, 1.54) is 11.8 Å². The molecule has 0 radical (unpaired) electrons. The summed E-state index contributed by atoms with van der Waals surface area (Å²) in [5.41, 5.74) is 6.41. The van der Waals surface area contributed by atoms with Crippen LogP contribution in [0.3, 0.4) is 0 Å². The fourth-order valence-electron chi connectivity index (χ4n) is 3.68. The van der Waals surface area contributed by atoms with Gasteiger partial charge in [-0.1, -0.05) is 36.0 Å². The molecule has 0 unspecified atom stereocenters. The number of anilines is 1. The summed E-state index contributed by atoms with van der Waals surface area (Å²) >= 11 is 1.26. The second kappa shape index (κ2) is 9.01. The van der Waals surface area contributed by atoms with Crippen molar-refractivity contribution in [1.82, 2.24) is 9.55 Å². The zero-order chi connectivity index (χ0) is 22.8. The van der Waals surface area contributed by atoms with Gasteiger partial charge in [-0.2, -0.15) is 0 Å². The molecule has 162 valence electrons. The van der Waals surface area contributed by atoms with Crippen LogP contribution < -0.4 is 10.9 Å². The molecule has 0 spiro atoms. The standard InChI is InChI=1S/C26H25N3O2S/c1-16-11-17(2)13-20(12-16)27-24(30)15-32-26-28-23-8-6-5-7-22(23)25(31)29(26)21-10-9-18(3)19(4)14-21/h5-14H,15H2,1-4H3,(H,27,30). The third kappa shape index (κ3) is 4.60. The number of carbonyl (C=O) groups excluding carboxylic acids is 1. The lowest BCUT2D eigenvalue weighted by Crippen LogP contribution is -2.23. The summed E-state index contributed by atoms with van der Waals surface area (Å²) in [6, 6.07) is 19.1. The molecular weight excluding hydrogens is 418 g/mol. The zero-order valence-electron chi connectivity index (χ0n) is 18.6. The van der Waals surface area contributed by atoms with Crippen molar-refractivity contribution >= 4 is 34.3 Å². The van der Waals surface area contributed by atoms with Gasteiger partial charge in [0.1, 0.15) is 0 Å². The molecule has 6 heteroatoms. The van der Waals surface area contributed by atoms with Gasteiger partial charge in [0, 0.05) is 5.69 Å². The predicted octanol–water partition coefficient (Wildman–Crippen LogP) is 5.35. The van der Waals surface area contributed by atoms with Gasteiger partial charge in [-0.25, -0.2) is 4.98 Å². The number of nitrogens with one attached hydrogen (secondary N) is 1. The summed E-state index contributed by atoms with van der Waals surface area (Å²) in [4.78, 5) is 30.7. The van der Waals surface area contributed by atoms with Gasteiger partial charge in [-0.3, -0.25) is 14.2 Å². The Kier molecular flexibility index (Phi) is 6.15. The number of carbonyl (C=O) groups is 1. The first-order chi connectivity index (χ1) is 15.3. The third-order valence-corrected chi connectivity index (χ3v) is 6.27. The number of hydrogen-bond acceptors (Lipinski definition) is 4. The second-order valence-electron chi connectivity index (χ2n) is 8.03. The van der Waals surface area contributed by atoms with Crippen LogP contribution in [-0.4, -0.2) is 21.2 Å². The van der Waals surface area contributed by atoms with Crippen molar-refractivity contribution in [3.05, 3.63) is 93.3 Å². The largest absolute Gasteiger partial charge is 0.325 e. The molecule has 0 bridgehead atoms. The van der Waals surface area contributed by atoms with E-state index in [9.17, 15) is 9.59 Å². The van der Waals surface area contributed by atoms with Gasteiger partial charge in [-0.05, 0) is 86.3 Å². The Balaban J connectivity index is 1.68. The van der Waals surface area contributed by atoms with Crippen molar-refractivity contribution in [1.29, 1.82) is 0 Å². The molecule has 0 saturated carbocycles. The summed E-state index contributed by atoms with van der Waals surface area (Å²) in [5, 5.41) is 3.99. The van der Waals surface area contributed by atoms with Gasteiger partial charge in [-0.15, -0.1) is 0 Å². The molecule has 0 aliphatic heterocycles. The Morgan fingerprint density at radius 3 is 2.38 bits per heavy atom. The van der Waals surface area contributed by atoms with Crippen LogP contribution in [0.5, 0.6) is 0 Å². The quantitative estimate of drug-likeness (QED) is 0.334. The van der Waals surface area contributed by atoms with E-state index in [-0.39, 0.29) is 17.2 Å². The van der Waals surface area contributed by atoms with Crippen LogP contribution in [0.1, 0.15) is 22.3 Å². The van der Waals surface area contributed by atoms with Crippen LogP contribution in [0.4, 0.5) is 5.69 Å². The number of thioether (sulfide) groups is 1. The SMILES string of the molecule is Cc1cc(C)cc(NC(=O)CSc2nc3ccccc3c(=O)n2-c2ccc(C)c(C)c2)c1. The van der Waals surface area contributed by atoms with Crippen LogP contribution in [0.15, 0.2) is 70.6 Å². The first kappa shape index (κ1) is 21.8. The Hall–Kier alpha value is -3.38. The molecule has 1 amide bonds. The van der Waals surface area contributed by atoms with Crippen LogP contribution >= 0.6 is 11.8 Å². The van der Waals surface area contributed by atoms with Gasteiger partial charge in [0.05, 0.1) is 22.3 Å². The minimum Gasteiger partial charge on any atom is -0.325 e. The fraction of sp³-hybridized carbons (Fsp3) is 0.192. The van der Waals surface area contributed by atoms with Gasteiger partial charge < -0.3 is 5.32 Å². The van der Waals surface area contributed by atoms with Crippen molar-refractivity contribution in [2.24, 2.45) is 0 Å². The summed E-state index contributed by atoms with van der Waals surface area (Å²) in [5.74, 6) is -0.00292. The van der Waals surface area contributed by atoms with E-state index < -0.39 is 0 Å². The topological polar surface area (TPSA) is 64.0 Å². The molecule has 0 saturated heterocycles. The van der Waals surface area contributed by atoms with Crippen molar-refractivity contribution in [2.45, 2.75) is 32.9 Å². The van der Waals surface area contributed by atoms with Gasteiger partial charge in [0.25, 0.3) is 5.56 Å². The van der Waals surface area contributed by atoms with Gasteiger partial charge in [0.15, 0.2) is 5.16 Å². The van der Waals surface area contributed by atoms with E-state index in [0.717, 1.165) is 33.6 Å². The van der Waals surface area contributed by atoms with E-state index in [0.29, 0.717) is 16.1 Å². The molecule has 0 atom stereocenters. The Morgan fingerprint density at radius 1 is 0.938 bits per heavy atom. The number of fused-ring (bicyclic) bond motifs is 1. The average molecular weight is 444 g/mol. The highest BCUT2D eigenvalue weighted by Gasteiger charge is 2.15. The van der Waals surface area contributed by atoms with Gasteiger partial charge >= 0.3 is 0 Å². The highest BCUT2D eigenvalue weighted by molar-refractivity contribution is 7.99. The van der Waals surface area contributed by atoms with Crippen LogP contribution in [0.2, 0.25) is 0 Å². The summed E-state index contributed by atoms with van der Waals surface area (Å²) < 4.78 is 1.60. The zero-order valence-corrected chi connectivity index (χ0v) is 19.4. The summed E-state index contributed by atoms with van der Waals surface area (Å²) in [7, 11) is 0. The van der Waals surface area contributed by atoms with E-state index in [4.69, 9.17) is 4.98 Å². The third-order valence-electron chi connectivity index (χ3n) is 5.33. The number of benzene rings is 3. The molecule has 5 nitrogen and oxygen atoms in total. The molecule has 3 aromatic carbocycles. The molecule has 0 aliphatic rings. The lowest BCUT2D eigenvalue weighted by atomic mass is 10.1. The molecule has 1 aromatic heterocycles. The Morgan fingerprint density at radius 2 is 1.66 bits per heavy atom. The average Bonchev–Trinajstić information content (AvgIpc) is 2.74. The summed E-state index contributed by atoms with van der Waals surface area (Å²) in [6.45, 7) is 8.05. The molecule has 0 aliphatic carbocycles. The highest BCUT2D eigenvalue weighted by Crippen LogP contribution is 2.23. The molecule has 4 rings (SSSR count). The van der Waals surface area contributed by atoms with E-state index in [1.807, 2.05) is 76.2 Å². The maximum Gasteiger partial charge on any atom is 0.266 e. The minimum absolute atomic E-state index is 0.141. The molecule has 32 heavy (non-hydrogen) atoms. The number of para-hydroxylation sites is 1. The fourth-order valence-corrected chi connectivity index (χ4v) is 4.49. The normalized spacial score (nSPS) is 11.0. The maximum atomic E-state index is 13.4.